The van der Waals surface area contributed by atoms with Crippen LogP contribution in [0.4, 0.5) is 13.2 Å². The van der Waals surface area contributed by atoms with Gasteiger partial charge in [0.15, 0.2) is 11.6 Å². The topological polar surface area (TPSA) is 32.8 Å². The third kappa shape index (κ3) is 4.44. The van der Waals surface area contributed by atoms with E-state index in [1.165, 1.54) is 0 Å². The molecule has 0 spiro atoms. The normalized spacial score (nSPS) is 23.4. The molecule has 2 fully saturated rings. The maximum absolute atomic E-state index is 15.1. The number of aliphatic hydroxyl groups excluding tert-OH is 1. The third-order valence-electron chi connectivity index (χ3n) is 7.15. The van der Waals surface area contributed by atoms with Crippen LogP contribution in [0.3, 0.4) is 0 Å². The summed E-state index contributed by atoms with van der Waals surface area (Å²) < 4.78 is 49.9. The molecule has 0 radical (unpaired) electrons. The van der Waals surface area contributed by atoms with Crippen molar-refractivity contribution in [2.75, 3.05) is 6.61 Å². The van der Waals surface area contributed by atoms with E-state index in [1.807, 2.05) is 12.1 Å². The number of aliphatic hydroxyl groups is 1. The average Bonchev–Trinajstić information content (AvgIpc) is 3.67. The van der Waals surface area contributed by atoms with E-state index in [9.17, 15) is 13.9 Å². The minimum Gasteiger partial charge on any atom is -0.389 e. The van der Waals surface area contributed by atoms with Gasteiger partial charge in [0.2, 0.25) is 0 Å². The highest BCUT2D eigenvalue weighted by atomic mass is 19.2. The molecule has 1 heterocycles. The molecule has 172 valence electrons. The molecule has 1 saturated carbocycles. The standard InChI is InChI=1S/C28H27F3O2/c1-16(32)17-2-4-19(5-3-17)23-12-13-24(28(31)27(23)30)20-8-6-18(7-9-20)22-11-10-21(14-25(22)29)26-15-33-26/h2-5,10-14,16,18,20,26,32H,6-9,15H2,1H3. The summed E-state index contributed by atoms with van der Waals surface area (Å²) in [7, 11) is 0. The molecule has 5 heteroatoms. The molecule has 3 aromatic carbocycles. The summed E-state index contributed by atoms with van der Waals surface area (Å²) in [6.07, 6.45) is 2.28. The van der Waals surface area contributed by atoms with Gasteiger partial charge in [0.25, 0.3) is 0 Å². The smallest absolute Gasteiger partial charge is 0.166 e. The summed E-state index contributed by atoms with van der Waals surface area (Å²) in [5.41, 5.74) is 3.49. The Morgan fingerprint density at radius 2 is 1.42 bits per heavy atom. The monoisotopic (exact) mass is 452 g/mol. The molecule has 2 nitrogen and oxygen atoms in total. The molecule has 2 unspecified atom stereocenters. The van der Waals surface area contributed by atoms with E-state index < -0.39 is 17.7 Å². The summed E-state index contributed by atoms with van der Waals surface area (Å²) in [4.78, 5) is 0. The summed E-state index contributed by atoms with van der Waals surface area (Å²) in [5.74, 6) is -1.83. The zero-order valence-electron chi connectivity index (χ0n) is 18.5. The first kappa shape index (κ1) is 22.2. The van der Waals surface area contributed by atoms with Crippen LogP contribution in [-0.2, 0) is 4.74 Å². The van der Waals surface area contributed by atoms with Gasteiger partial charge in [-0.15, -0.1) is 0 Å². The maximum atomic E-state index is 15.1. The van der Waals surface area contributed by atoms with Crippen molar-refractivity contribution in [3.05, 3.63) is 94.3 Å². The molecule has 0 amide bonds. The Labute approximate surface area is 192 Å². The Morgan fingerprint density at radius 1 is 0.818 bits per heavy atom. The molecule has 3 aromatic rings. The number of halogens is 3. The zero-order chi connectivity index (χ0) is 23.1. The Kier molecular flexibility index (Phi) is 6.02. The number of ether oxygens (including phenoxy) is 1. The lowest BCUT2D eigenvalue weighted by molar-refractivity contribution is 0.199. The quantitative estimate of drug-likeness (QED) is 0.411. The van der Waals surface area contributed by atoms with Crippen molar-refractivity contribution in [3.8, 4) is 11.1 Å². The minimum absolute atomic E-state index is 0.0290. The first-order chi connectivity index (χ1) is 15.9. The van der Waals surface area contributed by atoms with Gasteiger partial charge in [0.05, 0.1) is 12.7 Å². The molecule has 2 atom stereocenters. The molecule has 2 aliphatic rings. The van der Waals surface area contributed by atoms with Gasteiger partial charge in [-0.05, 0) is 78.3 Å². The number of hydrogen-bond acceptors (Lipinski definition) is 2. The van der Waals surface area contributed by atoms with Crippen LogP contribution < -0.4 is 0 Å². The highest BCUT2D eigenvalue weighted by Crippen LogP contribution is 2.43. The highest BCUT2D eigenvalue weighted by molar-refractivity contribution is 5.65. The minimum atomic E-state index is -0.844. The fraction of sp³-hybridized carbons (Fsp3) is 0.357. The van der Waals surface area contributed by atoms with E-state index in [2.05, 4.69) is 0 Å². The van der Waals surface area contributed by atoms with Crippen LogP contribution in [0, 0.1) is 17.5 Å². The van der Waals surface area contributed by atoms with Crippen molar-refractivity contribution >= 4 is 0 Å². The van der Waals surface area contributed by atoms with E-state index >= 15 is 4.39 Å². The molecular weight excluding hydrogens is 425 g/mol. The van der Waals surface area contributed by atoms with E-state index in [4.69, 9.17) is 4.74 Å². The van der Waals surface area contributed by atoms with E-state index in [0.717, 1.165) is 24.0 Å². The fourth-order valence-corrected chi connectivity index (χ4v) is 5.07. The van der Waals surface area contributed by atoms with Crippen LogP contribution in [0.15, 0.2) is 54.6 Å². The number of epoxide rings is 1. The predicted molar refractivity (Wildman–Crippen MR) is 121 cm³/mol. The lowest BCUT2D eigenvalue weighted by Gasteiger charge is -2.30. The predicted octanol–water partition coefficient (Wildman–Crippen LogP) is 7.34. The van der Waals surface area contributed by atoms with Gasteiger partial charge < -0.3 is 9.84 Å². The second kappa shape index (κ2) is 8.96. The lowest BCUT2D eigenvalue weighted by Crippen LogP contribution is -2.15. The summed E-state index contributed by atoms with van der Waals surface area (Å²) in [6.45, 7) is 2.31. The number of rotatable bonds is 5. The third-order valence-corrected chi connectivity index (χ3v) is 7.15. The largest absolute Gasteiger partial charge is 0.389 e. The van der Waals surface area contributed by atoms with Gasteiger partial charge in [-0.2, -0.15) is 0 Å². The van der Waals surface area contributed by atoms with Crippen molar-refractivity contribution in [2.24, 2.45) is 0 Å². The number of benzene rings is 3. The second-order valence-electron chi connectivity index (χ2n) is 9.28. The van der Waals surface area contributed by atoms with Crippen molar-refractivity contribution in [2.45, 2.75) is 56.7 Å². The zero-order valence-corrected chi connectivity index (χ0v) is 18.5. The van der Waals surface area contributed by atoms with Crippen LogP contribution in [0.5, 0.6) is 0 Å². The summed E-state index contributed by atoms with van der Waals surface area (Å²) in [6, 6.07) is 15.5. The van der Waals surface area contributed by atoms with Gasteiger partial charge in [0, 0.05) is 5.56 Å². The molecular formula is C28H27F3O2. The molecule has 5 rings (SSSR count). The van der Waals surface area contributed by atoms with Crippen LogP contribution >= 0.6 is 0 Å². The Bertz CT molecular complexity index is 1140. The van der Waals surface area contributed by atoms with Gasteiger partial charge in [0.1, 0.15) is 11.9 Å². The molecule has 0 bridgehead atoms. The average molecular weight is 453 g/mol. The van der Waals surface area contributed by atoms with Gasteiger partial charge in [-0.1, -0.05) is 48.5 Å². The van der Waals surface area contributed by atoms with Gasteiger partial charge in [-0.3, -0.25) is 0 Å². The van der Waals surface area contributed by atoms with E-state index in [1.54, 1.807) is 49.4 Å². The molecule has 1 aliphatic heterocycles. The molecule has 1 aliphatic carbocycles. The van der Waals surface area contributed by atoms with Gasteiger partial charge >= 0.3 is 0 Å². The fourth-order valence-electron chi connectivity index (χ4n) is 5.07. The van der Waals surface area contributed by atoms with Crippen LogP contribution in [0.1, 0.15) is 78.9 Å². The first-order valence-corrected chi connectivity index (χ1v) is 11.6. The Balaban J connectivity index is 1.30. The maximum Gasteiger partial charge on any atom is 0.166 e. The van der Waals surface area contributed by atoms with Crippen LogP contribution in [-0.4, -0.2) is 11.7 Å². The van der Waals surface area contributed by atoms with Crippen LogP contribution in [0.2, 0.25) is 0 Å². The van der Waals surface area contributed by atoms with Crippen LogP contribution in [0.25, 0.3) is 11.1 Å². The second-order valence-corrected chi connectivity index (χ2v) is 9.28. The first-order valence-electron chi connectivity index (χ1n) is 11.6. The van der Waals surface area contributed by atoms with E-state index in [-0.39, 0.29) is 29.3 Å². The molecule has 1 saturated heterocycles. The van der Waals surface area contributed by atoms with Crippen molar-refractivity contribution in [1.29, 1.82) is 0 Å². The molecule has 1 N–H and O–H groups in total. The lowest BCUT2D eigenvalue weighted by atomic mass is 9.75. The van der Waals surface area contributed by atoms with Crippen molar-refractivity contribution in [3.63, 3.8) is 0 Å². The van der Waals surface area contributed by atoms with Crippen molar-refractivity contribution < 1.29 is 23.0 Å². The summed E-state index contributed by atoms with van der Waals surface area (Å²) in [5, 5.41) is 9.65. The van der Waals surface area contributed by atoms with E-state index in [0.29, 0.717) is 36.1 Å². The Hall–Kier alpha value is -2.63. The highest BCUT2D eigenvalue weighted by Gasteiger charge is 2.30. The Morgan fingerprint density at radius 3 is 2.00 bits per heavy atom. The number of hydrogen-bond donors (Lipinski definition) is 1. The van der Waals surface area contributed by atoms with Crippen molar-refractivity contribution in [1.82, 2.24) is 0 Å². The SMILES string of the molecule is CC(O)c1ccc(-c2ccc(C3CCC(c4ccc(C5CO5)cc4F)CC3)c(F)c2F)cc1. The molecule has 33 heavy (non-hydrogen) atoms. The molecule has 0 aromatic heterocycles. The summed E-state index contributed by atoms with van der Waals surface area (Å²) >= 11 is 0. The van der Waals surface area contributed by atoms with Gasteiger partial charge in [-0.25, -0.2) is 13.2 Å².